The van der Waals surface area contributed by atoms with Gasteiger partial charge in [0.25, 0.3) is 5.91 Å². The molecule has 0 aliphatic heterocycles. The Morgan fingerprint density at radius 2 is 2.10 bits per heavy atom. The Hall–Kier alpha value is -3.72. The highest BCUT2D eigenvalue weighted by Crippen LogP contribution is 2.31. The second-order valence-electron chi connectivity index (χ2n) is 7.78. The number of rotatable bonds is 5. The molecule has 0 atom stereocenters. The van der Waals surface area contributed by atoms with Crippen LogP contribution >= 0.6 is 0 Å². The predicted octanol–water partition coefficient (Wildman–Crippen LogP) is 2.58. The number of nitrogens with one attached hydrogen (secondary N) is 2. The van der Waals surface area contributed by atoms with Crippen LogP contribution in [0.1, 0.15) is 29.0 Å². The van der Waals surface area contributed by atoms with Gasteiger partial charge in [0.15, 0.2) is 11.5 Å². The van der Waals surface area contributed by atoms with Crippen molar-refractivity contribution in [3.05, 3.63) is 54.2 Å². The first-order chi connectivity index (χ1) is 15.0. The number of nitrogens with two attached hydrogens (primary N) is 1. The van der Waals surface area contributed by atoms with Gasteiger partial charge in [0.05, 0.1) is 11.8 Å². The van der Waals surface area contributed by atoms with Gasteiger partial charge in [-0.05, 0) is 44.0 Å². The van der Waals surface area contributed by atoms with E-state index < -0.39 is 0 Å². The van der Waals surface area contributed by atoms with Gasteiger partial charge >= 0.3 is 0 Å². The lowest BCUT2D eigenvalue weighted by Crippen LogP contribution is -2.47. The number of anilines is 1. The molecule has 1 amide bonds. The number of nitrogen functional groups attached to an aromatic ring is 1. The van der Waals surface area contributed by atoms with Crippen LogP contribution < -0.4 is 11.1 Å². The number of fused-ring (bicyclic) bond motifs is 1. The summed E-state index contributed by atoms with van der Waals surface area (Å²) in [7, 11) is 1.68. The lowest BCUT2D eigenvalue weighted by Gasteiger charge is -2.34. The molecule has 1 aliphatic rings. The Morgan fingerprint density at radius 1 is 1.26 bits per heavy atom. The summed E-state index contributed by atoms with van der Waals surface area (Å²) < 4.78 is 7.26. The normalized spacial score (nSPS) is 18.1. The number of H-pyrrole nitrogens is 1. The van der Waals surface area contributed by atoms with Gasteiger partial charge in [-0.2, -0.15) is 0 Å². The SMILES string of the molecule is COC1CC(NC(=O)c2nc(-c3ccc4ncc(C)n4c3)c(-c3ccc[nH]3)nc2N)C1. The monoisotopic (exact) mass is 417 g/mol. The minimum absolute atomic E-state index is 0.0510. The van der Waals surface area contributed by atoms with E-state index in [1.807, 2.05) is 54.2 Å². The molecule has 1 fully saturated rings. The molecule has 9 nitrogen and oxygen atoms in total. The minimum Gasteiger partial charge on any atom is -0.382 e. The fourth-order valence-electron chi connectivity index (χ4n) is 3.85. The molecule has 1 aliphatic carbocycles. The van der Waals surface area contributed by atoms with Gasteiger partial charge < -0.3 is 25.2 Å². The van der Waals surface area contributed by atoms with Gasteiger partial charge in [-0.1, -0.05) is 0 Å². The zero-order valence-electron chi connectivity index (χ0n) is 17.3. The van der Waals surface area contributed by atoms with Gasteiger partial charge in [0.2, 0.25) is 0 Å². The van der Waals surface area contributed by atoms with Gasteiger partial charge in [-0.3, -0.25) is 4.79 Å². The third kappa shape index (κ3) is 3.42. The van der Waals surface area contributed by atoms with Crippen LogP contribution in [0.3, 0.4) is 0 Å². The van der Waals surface area contributed by atoms with Crippen LogP contribution in [-0.2, 0) is 4.74 Å². The van der Waals surface area contributed by atoms with Crippen molar-refractivity contribution in [2.45, 2.75) is 31.9 Å². The van der Waals surface area contributed by atoms with Crippen LogP contribution in [-0.4, -0.2) is 49.5 Å². The fourth-order valence-corrected chi connectivity index (χ4v) is 3.85. The largest absolute Gasteiger partial charge is 0.382 e. The first-order valence-electron chi connectivity index (χ1n) is 10.1. The molecular formula is C22H23N7O2. The van der Waals surface area contributed by atoms with Gasteiger partial charge in [0, 0.05) is 43.0 Å². The van der Waals surface area contributed by atoms with E-state index in [0.717, 1.165) is 35.4 Å². The minimum atomic E-state index is -0.330. The molecule has 4 heterocycles. The highest BCUT2D eigenvalue weighted by molar-refractivity contribution is 5.98. The Labute approximate surface area is 178 Å². The summed E-state index contributed by atoms with van der Waals surface area (Å²) in [5.74, 6) is -0.239. The standard InChI is InChI=1S/C22H23N7O2/c1-12-10-25-17-6-5-13(11-29(12)17)18-19(16-4-3-7-24-16)28-21(23)20(27-18)22(30)26-14-8-15(9-14)31-2/h3-7,10-11,14-15,24H,8-9H2,1-2H3,(H2,23,28)(H,26,30). The molecule has 0 spiro atoms. The molecule has 0 aromatic carbocycles. The number of nitrogens with zero attached hydrogens (tertiary/aromatic N) is 4. The molecule has 0 radical (unpaired) electrons. The molecule has 0 bridgehead atoms. The van der Waals surface area contributed by atoms with Crippen molar-refractivity contribution in [3.8, 4) is 22.6 Å². The molecule has 1 saturated carbocycles. The van der Waals surface area contributed by atoms with Crippen LogP contribution in [0.25, 0.3) is 28.3 Å². The number of hydrogen-bond donors (Lipinski definition) is 3. The van der Waals surface area contributed by atoms with Gasteiger partial charge in [0.1, 0.15) is 17.0 Å². The topological polar surface area (TPSA) is 123 Å². The summed E-state index contributed by atoms with van der Waals surface area (Å²) in [5, 5.41) is 2.98. The molecule has 0 saturated heterocycles. The average Bonchev–Trinajstić information content (AvgIpc) is 3.40. The predicted molar refractivity (Wildman–Crippen MR) is 116 cm³/mol. The number of pyridine rings is 1. The molecule has 9 heteroatoms. The van der Waals surface area contributed by atoms with Crippen LogP contribution in [0.2, 0.25) is 0 Å². The summed E-state index contributed by atoms with van der Waals surface area (Å²) in [6, 6.07) is 7.66. The number of imidazole rings is 1. The van der Waals surface area contributed by atoms with Crippen molar-refractivity contribution in [2.75, 3.05) is 12.8 Å². The summed E-state index contributed by atoms with van der Waals surface area (Å²) in [6.07, 6.45) is 7.30. The highest BCUT2D eigenvalue weighted by atomic mass is 16.5. The van der Waals surface area contributed by atoms with E-state index in [0.29, 0.717) is 11.4 Å². The van der Waals surface area contributed by atoms with Crippen molar-refractivity contribution < 1.29 is 9.53 Å². The first kappa shape index (κ1) is 19.3. The Morgan fingerprint density at radius 3 is 2.84 bits per heavy atom. The highest BCUT2D eigenvalue weighted by Gasteiger charge is 2.31. The van der Waals surface area contributed by atoms with Crippen LogP contribution in [0.4, 0.5) is 5.82 Å². The summed E-state index contributed by atoms with van der Waals surface area (Å²) in [6.45, 7) is 1.98. The van der Waals surface area contributed by atoms with Crippen LogP contribution in [0.5, 0.6) is 0 Å². The van der Waals surface area contributed by atoms with Gasteiger partial charge in [-0.25, -0.2) is 15.0 Å². The number of aromatic amines is 1. The molecule has 4 aromatic rings. The van der Waals surface area contributed by atoms with E-state index >= 15 is 0 Å². The molecule has 4 aromatic heterocycles. The fraction of sp³-hybridized carbons (Fsp3) is 0.273. The maximum Gasteiger partial charge on any atom is 0.273 e. The number of amides is 1. The van der Waals surface area contributed by atoms with Crippen molar-refractivity contribution >= 4 is 17.4 Å². The van der Waals surface area contributed by atoms with E-state index in [1.54, 1.807) is 7.11 Å². The number of aromatic nitrogens is 5. The smallest absolute Gasteiger partial charge is 0.273 e. The third-order valence-electron chi connectivity index (χ3n) is 5.72. The Kier molecular flexibility index (Phi) is 4.67. The first-order valence-corrected chi connectivity index (χ1v) is 10.1. The molecule has 31 heavy (non-hydrogen) atoms. The van der Waals surface area contributed by atoms with Crippen molar-refractivity contribution in [1.82, 2.24) is 29.7 Å². The van der Waals surface area contributed by atoms with E-state index in [4.69, 9.17) is 10.5 Å². The number of carbonyl (C=O) groups is 1. The third-order valence-corrected chi connectivity index (χ3v) is 5.72. The number of ether oxygens (including phenoxy) is 1. The number of carbonyl (C=O) groups excluding carboxylic acids is 1. The quantitative estimate of drug-likeness (QED) is 0.459. The number of aryl methyl sites for hydroxylation is 1. The molecule has 4 N–H and O–H groups in total. The van der Waals surface area contributed by atoms with Crippen LogP contribution in [0.15, 0.2) is 42.9 Å². The second kappa shape index (κ2) is 7.51. The second-order valence-corrected chi connectivity index (χ2v) is 7.78. The van der Waals surface area contributed by atoms with E-state index in [1.165, 1.54) is 0 Å². The maximum atomic E-state index is 12.9. The van der Waals surface area contributed by atoms with Crippen molar-refractivity contribution in [2.24, 2.45) is 0 Å². The zero-order chi connectivity index (χ0) is 21.5. The molecule has 0 unspecified atom stereocenters. The lowest BCUT2D eigenvalue weighted by molar-refractivity contribution is 0.0175. The molecule has 158 valence electrons. The summed E-state index contributed by atoms with van der Waals surface area (Å²) in [4.78, 5) is 29.7. The number of methoxy groups -OCH3 is 1. The summed E-state index contributed by atoms with van der Waals surface area (Å²) in [5.41, 5.74) is 10.9. The Balaban J connectivity index is 1.58. The van der Waals surface area contributed by atoms with Crippen LogP contribution in [0, 0.1) is 6.92 Å². The van der Waals surface area contributed by atoms with Crippen molar-refractivity contribution in [1.29, 1.82) is 0 Å². The summed E-state index contributed by atoms with van der Waals surface area (Å²) >= 11 is 0. The molecule has 5 rings (SSSR count). The number of hydrogen-bond acceptors (Lipinski definition) is 6. The van der Waals surface area contributed by atoms with Gasteiger partial charge in [-0.15, -0.1) is 0 Å². The lowest BCUT2D eigenvalue weighted by atomic mass is 9.89. The van der Waals surface area contributed by atoms with Crippen molar-refractivity contribution in [3.63, 3.8) is 0 Å². The van der Waals surface area contributed by atoms with E-state index in [9.17, 15) is 4.79 Å². The van der Waals surface area contributed by atoms with E-state index in [2.05, 4.69) is 25.3 Å². The van der Waals surface area contributed by atoms with E-state index in [-0.39, 0.29) is 29.6 Å². The average molecular weight is 417 g/mol. The molecular weight excluding hydrogens is 394 g/mol. The Bertz CT molecular complexity index is 1260. The zero-order valence-corrected chi connectivity index (χ0v) is 17.3. The maximum absolute atomic E-state index is 12.9.